The van der Waals surface area contributed by atoms with Crippen molar-refractivity contribution in [3.05, 3.63) is 59.4 Å². The molecular weight excluding hydrogens is 438 g/mol. The first-order valence-electron chi connectivity index (χ1n) is 9.69. The van der Waals surface area contributed by atoms with Gasteiger partial charge in [-0.2, -0.15) is 0 Å². The topological polar surface area (TPSA) is 104 Å². The molecule has 9 heteroatoms. The first-order chi connectivity index (χ1) is 15.5. The fourth-order valence-corrected chi connectivity index (χ4v) is 3.27. The number of ketones is 1. The lowest BCUT2D eigenvalue weighted by molar-refractivity contribution is 0.0698. The molecule has 0 amide bonds. The highest BCUT2D eigenvalue weighted by molar-refractivity contribution is 6.18. The highest BCUT2D eigenvalue weighted by atomic mass is 35.5. The van der Waals surface area contributed by atoms with Gasteiger partial charge in [0.05, 0.1) is 33.0 Å². The molecule has 0 saturated carbocycles. The van der Waals surface area contributed by atoms with Gasteiger partial charge in [0, 0.05) is 28.4 Å². The molecule has 0 aliphatic rings. The number of alkyl halides is 1. The summed E-state index contributed by atoms with van der Waals surface area (Å²) in [7, 11) is 2.90. The second kappa shape index (κ2) is 10.8. The molecule has 0 unspecified atom stereocenters. The molecular formula is C23H22ClNO7. The van der Waals surface area contributed by atoms with Crippen molar-refractivity contribution < 1.29 is 33.6 Å². The van der Waals surface area contributed by atoms with Crippen LogP contribution in [0.15, 0.2) is 42.6 Å². The lowest BCUT2D eigenvalue weighted by Gasteiger charge is -2.13. The van der Waals surface area contributed by atoms with Gasteiger partial charge in [0.1, 0.15) is 18.1 Å². The Labute approximate surface area is 189 Å². The highest BCUT2D eigenvalue weighted by Gasteiger charge is 2.21. The van der Waals surface area contributed by atoms with Crippen molar-refractivity contribution in [1.29, 1.82) is 0 Å². The Morgan fingerprint density at radius 3 is 2.38 bits per heavy atom. The van der Waals surface area contributed by atoms with Crippen LogP contribution in [0, 0.1) is 0 Å². The molecule has 0 atom stereocenters. The van der Waals surface area contributed by atoms with Crippen LogP contribution in [-0.2, 0) is 4.74 Å². The molecule has 0 aliphatic heterocycles. The molecule has 1 aromatic heterocycles. The quantitative estimate of drug-likeness (QED) is 0.262. The van der Waals surface area contributed by atoms with Crippen molar-refractivity contribution >= 4 is 34.1 Å². The minimum Gasteiger partial charge on any atom is -0.493 e. The number of aromatic carboxylic acids is 1. The number of benzene rings is 2. The standard InChI is InChI=1S/C23H22ClNO7/c1-29-19-11-16-17(12-20(19)30-2)21(25-13-18(16)23(27)28)22(26)14-4-3-5-15(10-14)32-9-8-31-7-6-24/h3-5,10-13H,6-9H2,1-2H3,(H,27,28). The lowest BCUT2D eigenvalue weighted by Crippen LogP contribution is -2.10. The predicted octanol–water partition coefficient (Wildman–Crippen LogP) is 3.82. The summed E-state index contributed by atoms with van der Waals surface area (Å²) >= 11 is 5.56. The molecule has 1 heterocycles. The first kappa shape index (κ1) is 23.3. The van der Waals surface area contributed by atoms with Crippen LogP contribution < -0.4 is 14.2 Å². The summed E-state index contributed by atoms with van der Waals surface area (Å²) in [6, 6.07) is 9.73. The van der Waals surface area contributed by atoms with Gasteiger partial charge in [-0.25, -0.2) is 4.79 Å². The Hall–Kier alpha value is -3.36. The van der Waals surface area contributed by atoms with Crippen molar-refractivity contribution in [3.8, 4) is 17.2 Å². The van der Waals surface area contributed by atoms with Crippen molar-refractivity contribution in [1.82, 2.24) is 4.98 Å². The van der Waals surface area contributed by atoms with Crippen molar-refractivity contribution in [2.45, 2.75) is 0 Å². The zero-order valence-electron chi connectivity index (χ0n) is 17.6. The van der Waals surface area contributed by atoms with Crippen molar-refractivity contribution in [2.75, 3.05) is 39.9 Å². The maximum atomic E-state index is 13.3. The monoisotopic (exact) mass is 459 g/mol. The zero-order valence-corrected chi connectivity index (χ0v) is 18.3. The SMILES string of the molecule is COc1cc2c(C(=O)O)cnc(C(=O)c3cccc(OCCOCCCl)c3)c2cc1OC. The molecule has 168 valence electrons. The summed E-state index contributed by atoms with van der Waals surface area (Å²) in [5.41, 5.74) is 0.385. The van der Waals surface area contributed by atoms with E-state index >= 15 is 0 Å². The van der Waals surface area contributed by atoms with E-state index in [1.54, 1.807) is 30.3 Å². The van der Waals surface area contributed by atoms with Crippen LogP contribution >= 0.6 is 11.6 Å². The van der Waals surface area contributed by atoms with E-state index in [2.05, 4.69) is 4.98 Å². The second-order valence-corrected chi connectivity index (χ2v) is 6.96. The fraction of sp³-hybridized carbons (Fsp3) is 0.261. The largest absolute Gasteiger partial charge is 0.493 e. The molecule has 3 rings (SSSR count). The van der Waals surface area contributed by atoms with Gasteiger partial charge in [0.2, 0.25) is 5.78 Å². The number of rotatable bonds is 11. The number of methoxy groups -OCH3 is 2. The number of carboxylic acid groups (broad SMARTS) is 1. The molecule has 0 fully saturated rings. The summed E-state index contributed by atoms with van der Waals surface area (Å²) < 4.78 is 21.5. The third kappa shape index (κ3) is 5.09. The third-order valence-electron chi connectivity index (χ3n) is 4.65. The number of carbonyl (C=O) groups excluding carboxylic acids is 1. The molecule has 32 heavy (non-hydrogen) atoms. The van der Waals surface area contributed by atoms with Gasteiger partial charge in [-0.05, 0) is 24.3 Å². The van der Waals surface area contributed by atoms with E-state index in [0.29, 0.717) is 59.3 Å². The van der Waals surface area contributed by atoms with Gasteiger partial charge < -0.3 is 24.1 Å². The molecule has 3 aromatic rings. The molecule has 8 nitrogen and oxygen atoms in total. The van der Waals surface area contributed by atoms with Crippen LogP contribution in [0.25, 0.3) is 10.8 Å². The van der Waals surface area contributed by atoms with Crippen LogP contribution in [0.5, 0.6) is 17.2 Å². The normalized spacial score (nSPS) is 10.7. The Morgan fingerprint density at radius 1 is 1.00 bits per heavy atom. The summed E-state index contributed by atoms with van der Waals surface area (Å²) in [5.74, 6) is 0.0493. The fourth-order valence-electron chi connectivity index (χ4n) is 3.16. The number of fused-ring (bicyclic) bond motifs is 1. The highest BCUT2D eigenvalue weighted by Crippen LogP contribution is 2.35. The van der Waals surface area contributed by atoms with E-state index in [4.69, 9.17) is 30.5 Å². The minimum absolute atomic E-state index is 0.0495. The summed E-state index contributed by atoms with van der Waals surface area (Å²) in [6.45, 7) is 1.11. The third-order valence-corrected chi connectivity index (χ3v) is 4.81. The minimum atomic E-state index is -1.17. The zero-order chi connectivity index (χ0) is 23.1. The van der Waals surface area contributed by atoms with Crippen LogP contribution in [0.2, 0.25) is 0 Å². The molecule has 0 bridgehead atoms. The summed E-state index contributed by atoms with van der Waals surface area (Å²) in [6.07, 6.45) is 1.17. The smallest absolute Gasteiger partial charge is 0.337 e. The van der Waals surface area contributed by atoms with E-state index in [1.165, 1.54) is 26.5 Å². The van der Waals surface area contributed by atoms with Crippen LogP contribution in [0.1, 0.15) is 26.4 Å². The Kier molecular flexibility index (Phi) is 7.86. The summed E-state index contributed by atoms with van der Waals surface area (Å²) in [4.78, 5) is 29.1. The number of nitrogens with zero attached hydrogens (tertiary/aromatic N) is 1. The number of carbonyl (C=O) groups is 2. The van der Waals surface area contributed by atoms with Crippen molar-refractivity contribution in [2.24, 2.45) is 0 Å². The van der Waals surface area contributed by atoms with Gasteiger partial charge in [-0.15, -0.1) is 11.6 Å². The van der Waals surface area contributed by atoms with E-state index < -0.39 is 5.97 Å². The van der Waals surface area contributed by atoms with E-state index in [0.717, 1.165) is 0 Å². The number of pyridine rings is 1. The van der Waals surface area contributed by atoms with Crippen LogP contribution in [-0.4, -0.2) is 61.8 Å². The molecule has 0 aliphatic carbocycles. The number of ether oxygens (including phenoxy) is 4. The molecule has 0 saturated heterocycles. The number of hydrogen-bond donors (Lipinski definition) is 1. The maximum Gasteiger partial charge on any atom is 0.337 e. The predicted molar refractivity (Wildman–Crippen MR) is 119 cm³/mol. The summed E-state index contributed by atoms with van der Waals surface area (Å²) in [5, 5.41) is 10.2. The second-order valence-electron chi connectivity index (χ2n) is 6.59. The molecule has 0 spiro atoms. The van der Waals surface area contributed by atoms with E-state index in [1.807, 2.05) is 0 Å². The van der Waals surface area contributed by atoms with E-state index in [-0.39, 0.29) is 17.0 Å². The van der Waals surface area contributed by atoms with Crippen LogP contribution in [0.4, 0.5) is 0 Å². The van der Waals surface area contributed by atoms with Gasteiger partial charge in [-0.3, -0.25) is 9.78 Å². The number of halogens is 1. The molecule has 2 aromatic carbocycles. The van der Waals surface area contributed by atoms with Crippen molar-refractivity contribution in [3.63, 3.8) is 0 Å². The first-order valence-corrected chi connectivity index (χ1v) is 10.2. The lowest BCUT2D eigenvalue weighted by atomic mass is 9.99. The number of carboxylic acids is 1. The maximum absolute atomic E-state index is 13.3. The molecule has 1 N–H and O–H groups in total. The van der Waals surface area contributed by atoms with Gasteiger partial charge >= 0.3 is 5.97 Å². The average molecular weight is 460 g/mol. The van der Waals surface area contributed by atoms with Gasteiger partial charge in [0.25, 0.3) is 0 Å². The molecule has 0 radical (unpaired) electrons. The Balaban J connectivity index is 1.98. The Bertz CT molecular complexity index is 1130. The number of aromatic nitrogens is 1. The average Bonchev–Trinajstić information content (AvgIpc) is 2.81. The van der Waals surface area contributed by atoms with Crippen LogP contribution in [0.3, 0.4) is 0 Å². The van der Waals surface area contributed by atoms with E-state index in [9.17, 15) is 14.7 Å². The Morgan fingerprint density at radius 2 is 1.72 bits per heavy atom. The van der Waals surface area contributed by atoms with Gasteiger partial charge in [0.15, 0.2) is 11.5 Å². The number of hydrogen-bond acceptors (Lipinski definition) is 7. The van der Waals surface area contributed by atoms with Gasteiger partial charge in [-0.1, -0.05) is 12.1 Å².